The molecule has 2 rings (SSSR count). The van der Waals surface area contributed by atoms with Crippen LogP contribution >= 0.6 is 0 Å². The van der Waals surface area contributed by atoms with E-state index in [1.54, 1.807) is 0 Å². The van der Waals surface area contributed by atoms with Crippen molar-refractivity contribution in [1.29, 1.82) is 0 Å². The van der Waals surface area contributed by atoms with Crippen molar-refractivity contribution >= 4 is 0 Å². The van der Waals surface area contributed by atoms with Crippen molar-refractivity contribution in [3.63, 3.8) is 0 Å². The van der Waals surface area contributed by atoms with Crippen molar-refractivity contribution in [3.8, 4) is 0 Å². The van der Waals surface area contributed by atoms with Gasteiger partial charge in [-0.1, -0.05) is 6.07 Å². The fraction of sp³-hybridized carbons (Fsp3) is 0.500. The predicted molar refractivity (Wildman–Crippen MR) is 48.8 cm³/mol. The highest BCUT2D eigenvalue weighted by Crippen LogP contribution is 2.29. The largest absolute Gasteiger partial charge is 0.299 e. The summed E-state index contributed by atoms with van der Waals surface area (Å²) in [6.45, 7) is 1.22. The zero-order valence-corrected chi connectivity index (χ0v) is 7.40. The quantitative estimate of drug-likeness (QED) is 0.595. The summed E-state index contributed by atoms with van der Waals surface area (Å²) >= 11 is 0. The Labute approximate surface area is 73.2 Å². The maximum atomic E-state index is 4.14. The first-order valence-electron chi connectivity index (χ1n) is 4.48. The predicted octanol–water partition coefficient (Wildman–Crippen LogP) is 1.85. The molecule has 1 fully saturated rings. The molecule has 0 amide bonds. The number of pyridine rings is 1. The van der Waals surface area contributed by atoms with Gasteiger partial charge in [0.25, 0.3) is 0 Å². The Morgan fingerprint density at radius 2 is 2.50 bits per heavy atom. The molecule has 12 heavy (non-hydrogen) atoms. The SMILES string of the molecule is CN1CCC[13CH]1[13c]1[13cH][13cH][13cH]n[13cH]1. The molecule has 1 aromatic heterocycles. The van der Waals surface area contributed by atoms with Gasteiger partial charge in [0.2, 0.25) is 0 Å². The first-order valence-corrected chi connectivity index (χ1v) is 4.48. The number of hydrogen-bond acceptors (Lipinski definition) is 2. The minimum Gasteiger partial charge on any atom is -0.299 e. The lowest BCUT2D eigenvalue weighted by molar-refractivity contribution is 0.317. The second kappa shape index (κ2) is 3.23. The van der Waals surface area contributed by atoms with Gasteiger partial charge in [-0.15, -0.1) is 0 Å². The van der Waals surface area contributed by atoms with Crippen LogP contribution in [0.4, 0.5) is 0 Å². The highest BCUT2D eigenvalue weighted by Gasteiger charge is 2.21. The lowest BCUT2D eigenvalue weighted by Crippen LogP contribution is -2.17. The molecule has 64 valence electrons. The van der Waals surface area contributed by atoms with Crippen LogP contribution in [-0.4, -0.2) is 23.5 Å². The zero-order valence-electron chi connectivity index (χ0n) is 7.40. The van der Waals surface area contributed by atoms with E-state index in [4.69, 9.17) is 0 Å². The number of nitrogens with zero attached hydrogens (tertiary/aromatic N) is 2. The van der Waals surface area contributed by atoms with E-state index in [9.17, 15) is 0 Å². The Morgan fingerprint density at radius 1 is 1.58 bits per heavy atom. The molecular formula is C10H14N2. The van der Waals surface area contributed by atoms with Crippen molar-refractivity contribution in [3.05, 3.63) is 30.1 Å². The smallest absolute Gasteiger partial charge is 0.0360 e. The minimum absolute atomic E-state index is 0.610. The van der Waals surface area contributed by atoms with Gasteiger partial charge in [0.15, 0.2) is 0 Å². The molecule has 1 saturated heterocycles. The van der Waals surface area contributed by atoms with Crippen LogP contribution in [0.2, 0.25) is 0 Å². The molecule has 1 aliphatic heterocycles. The van der Waals surface area contributed by atoms with Gasteiger partial charge in [-0.3, -0.25) is 9.88 Å². The van der Waals surface area contributed by atoms with Gasteiger partial charge in [0.05, 0.1) is 0 Å². The summed E-state index contributed by atoms with van der Waals surface area (Å²) in [5, 5.41) is 0. The van der Waals surface area contributed by atoms with Crippen LogP contribution < -0.4 is 0 Å². The molecule has 0 N–H and O–H groups in total. The Morgan fingerprint density at radius 3 is 3.08 bits per heavy atom. The molecule has 0 aromatic carbocycles. The van der Waals surface area contributed by atoms with E-state index in [0.29, 0.717) is 6.04 Å². The standard InChI is InChI=1S/C10H14N2/c1-12-7-3-5-10(12)9-4-2-6-11-8-9/h2,4,6,8,10H,3,5,7H2,1H3/i2+1,4+1,6+1,8+1,9+1,10+1. The lowest BCUT2D eigenvalue weighted by atomic mass is 10.4. The highest BCUT2D eigenvalue weighted by atomic mass is 15.4. The Kier molecular flexibility index (Phi) is 2.09. The topological polar surface area (TPSA) is 16.1 Å². The van der Waals surface area contributed by atoms with Crippen molar-refractivity contribution in [1.82, 2.24) is 9.88 Å². The van der Waals surface area contributed by atoms with Crippen LogP contribution in [0.15, 0.2) is 24.5 Å². The number of rotatable bonds is 1. The van der Waals surface area contributed by atoms with Gasteiger partial charge in [0.1, 0.15) is 0 Å². The molecule has 1 aromatic rings. The van der Waals surface area contributed by atoms with Crippen molar-refractivity contribution in [2.45, 2.75) is 18.9 Å². The third-order valence-corrected chi connectivity index (χ3v) is 2.59. The third kappa shape index (κ3) is 1.34. The molecule has 0 spiro atoms. The summed E-state index contributed by atoms with van der Waals surface area (Å²) in [6.07, 6.45) is 6.41. The zero-order chi connectivity index (χ0) is 8.39. The molecule has 2 nitrogen and oxygen atoms in total. The fourth-order valence-electron chi connectivity index (χ4n) is 1.90. The summed E-state index contributed by atoms with van der Waals surface area (Å²) < 4.78 is 0. The molecule has 0 saturated carbocycles. The van der Waals surface area contributed by atoms with E-state index in [-0.39, 0.29) is 0 Å². The maximum absolute atomic E-state index is 4.14. The molecular weight excluding hydrogens is 154 g/mol. The minimum atomic E-state index is 0.610. The molecule has 1 unspecified atom stereocenters. The summed E-state index contributed by atoms with van der Waals surface area (Å²) in [4.78, 5) is 6.54. The number of likely N-dealkylation sites (tertiary alicyclic amines) is 1. The second-order valence-corrected chi connectivity index (χ2v) is 3.42. The van der Waals surface area contributed by atoms with E-state index in [1.807, 2.05) is 18.5 Å². The average molecular weight is 168 g/mol. The van der Waals surface area contributed by atoms with Crippen LogP contribution in [0.1, 0.15) is 24.4 Å². The molecule has 1 atom stereocenters. The maximum Gasteiger partial charge on any atom is 0.0360 e. The normalized spacial score (nSPS) is 24.6. The van der Waals surface area contributed by atoms with E-state index in [1.165, 1.54) is 24.9 Å². The third-order valence-electron chi connectivity index (χ3n) is 2.59. The molecule has 1 aliphatic rings. The Balaban J connectivity index is 2.19. The van der Waals surface area contributed by atoms with Gasteiger partial charge >= 0.3 is 0 Å². The molecule has 2 heteroatoms. The van der Waals surface area contributed by atoms with Crippen molar-refractivity contribution in [2.24, 2.45) is 0 Å². The van der Waals surface area contributed by atoms with Gasteiger partial charge in [-0.05, 0) is 38.1 Å². The molecule has 0 bridgehead atoms. The molecule has 0 radical (unpaired) electrons. The summed E-state index contributed by atoms with van der Waals surface area (Å²) in [5.74, 6) is 0. The van der Waals surface area contributed by atoms with Crippen molar-refractivity contribution < 1.29 is 0 Å². The van der Waals surface area contributed by atoms with Crippen molar-refractivity contribution in [2.75, 3.05) is 13.6 Å². The molecule has 0 aliphatic carbocycles. The second-order valence-electron chi connectivity index (χ2n) is 3.42. The Hall–Kier alpha value is -0.890. The molecule has 2 heterocycles. The van der Waals surface area contributed by atoms with E-state index in [2.05, 4.69) is 23.0 Å². The van der Waals surface area contributed by atoms with E-state index >= 15 is 0 Å². The van der Waals surface area contributed by atoms with Gasteiger partial charge < -0.3 is 0 Å². The van der Waals surface area contributed by atoms with Gasteiger partial charge in [-0.2, -0.15) is 0 Å². The van der Waals surface area contributed by atoms with Crippen LogP contribution in [0.5, 0.6) is 0 Å². The highest BCUT2D eigenvalue weighted by molar-refractivity contribution is 5.14. The number of hydrogen-bond donors (Lipinski definition) is 0. The lowest BCUT2D eigenvalue weighted by Gasteiger charge is -2.18. The first kappa shape index (κ1) is 7.74. The average Bonchev–Trinajstić information content (AvgIpc) is 2.53. The summed E-state index contributed by atoms with van der Waals surface area (Å²) in [5.41, 5.74) is 1.36. The van der Waals surface area contributed by atoms with E-state index < -0.39 is 0 Å². The monoisotopic (exact) mass is 168 g/mol. The van der Waals surface area contributed by atoms with Crippen LogP contribution in [0.25, 0.3) is 0 Å². The first-order chi connectivity index (χ1) is 5.88. The van der Waals surface area contributed by atoms with E-state index in [0.717, 1.165) is 0 Å². The Bertz CT molecular complexity index is 245. The number of aromatic nitrogens is 1. The summed E-state index contributed by atoms with van der Waals surface area (Å²) in [6, 6.07) is 4.79. The summed E-state index contributed by atoms with van der Waals surface area (Å²) in [7, 11) is 2.19. The van der Waals surface area contributed by atoms with Gasteiger partial charge in [-0.25, -0.2) is 0 Å². The van der Waals surface area contributed by atoms with Crippen LogP contribution in [0, 0.1) is 0 Å². The van der Waals surface area contributed by atoms with Crippen LogP contribution in [0.3, 0.4) is 0 Å². The van der Waals surface area contributed by atoms with Crippen LogP contribution in [-0.2, 0) is 0 Å². The fourth-order valence-corrected chi connectivity index (χ4v) is 1.90. The van der Waals surface area contributed by atoms with Gasteiger partial charge in [0, 0.05) is 18.4 Å².